The highest BCUT2D eigenvalue weighted by molar-refractivity contribution is 8.00. The Hall–Kier alpha value is -1.50. The molecule has 1 aliphatic carbocycles. The van der Waals surface area contributed by atoms with Crippen LogP contribution in [0.15, 0.2) is 23.8 Å². The smallest absolute Gasteiger partial charge is 0.227 e. The van der Waals surface area contributed by atoms with E-state index in [4.69, 9.17) is 4.74 Å². The fourth-order valence-electron chi connectivity index (χ4n) is 5.56. The van der Waals surface area contributed by atoms with E-state index in [1.807, 2.05) is 0 Å². The van der Waals surface area contributed by atoms with Crippen molar-refractivity contribution in [3.05, 3.63) is 29.3 Å². The van der Waals surface area contributed by atoms with Crippen molar-refractivity contribution in [2.45, 2.75) is 51.0 Å². The predicted molar refractivity (Wildman–Crippen MR) is 125 cm³/mol. The summed E-state index contributed by atoms with van der Waals surface area (Å²) in [6, 6.07) is 7.15. The van der Waals surface area contributed by atoms with Crippen molar-refractivity contribution in [2.24, 2.45) is 5.92 Å². The van der Waals surface area contributed by atoms with Gasteiger partial charge >= 0.3 is 0 Å². The molecule has 4 aliphatic rings. The van der Waals surface area contributed by atoms with Crippen LogP contribution in [0.2, 0.25) is 0 Å². The minimum absolute atomic E-state index is 0.192. The van der Waals surface area contributed by atoms with Gasteiger partial charge in [-0.25, -0.2) is 0 Å². The van der Waals surface area contributed by atoms with Crippen LogP contribution in [0.25, 0.3) is 5.57 Å². The van der Waals surface area contributed by atoms with Gasteiger partial charge in [-0.2, -0.15) is 0 Å². The zero-order valence-corrected chi connectivity index (χ0v) is 18.8. The Kier molecular flexibility index (Phi) is 6.07. The topological polar surface area (TPSA) is 44.8 Å². The summed E-state index contributed by atoms with van der Waals surface area (Å²) in [5.74, 6) is 0.392. The predicted octanol–water partition coefficient (Wildman–Crippen LogP) is 4.55. The number of benzene rings is 1. The number of rotatable bonds is 4. The minimum Gasteiger partial charge on any atom is -0.381 e. The van der Waals surface area contributed by atoms with Crippen molar-refractivity contribution in [3.63, 3.8) is 0 Å². The molecule has 0 radical (unpaired) electrons. The van der Waals surface area contributed by atoms with Crippen molar-refractivity contribution < 1.29 is 9.53 Å². The fraction of sp³-hybridized carbons (Fsp3) is 0.625. The second-order valence-electron chi connectivity index (χ2n) is 9.07. The Morgan fingerprint density at radius 1 is 1.13 bits per heavy atom. The molecule has 1 aromatic carbocycles. The number of ether oxygens (including phenoxy) is 1. The second-order valence-corrected chi connectivity index (χ2v) is 9.87. The van der Waals surface area contributed by atoms with Gasteiger partial charge in [0.1, 0.15) is 0 Å². The summed E-state index contributed by atoms with van der Waals surface area (Å²) in [5, 5.41) is 3.22. The number of amides is 1. The number of fused-ring (bicyclic) bond motifs is 2. The maximum Gasteiger partial charge on any atom is 0.227 e. The monoisotopic (exact) mass is 427 g/mol. The van der Waals surface area contributed by atoms with Crippen LogP contribution >= 0.6 is 11.9 Å². The molecule has 5 rings (SSSR count). The lowest BCUT2D eigenvalue weighted by Crippen LogP contribution is -2.44. The molecule has 6 heteroatoms. The summed E-state index contributed by atoms with van der Waals surface area (Å²) in [5.41, 5.74) is 6.61. The minimum atomic E-state index is 0.192. The summed E-state index contributed by atoms with van der Waals surface area (Å²) in [4.78, 5) is 15.4. The van der Waals surface area contributed by atoms with Crippen molar-refractivity contribution in [1.82, 2.24) is 4.90 Å². The zero-order valence-electron chi connectivity index (χ0n) is 18.0. The summed E-state index contributed by atoms with van der Waals surface area (Å²) in [7, 11) is 0. The van der Waals surface area contributed by atoms with Crippen molar-refractivity contribution in [2.75, 3.05) is 48.7 Å². The summed E-state index contributed by atoms with van der Waals surface area (Å²) >= 11 is 1.79. The highest BCUT2D eigenvalue weighted by Gasteiger charge is 2.32. The second kappa shape index (κ2) is 8.93. The number of hydrogen-bond donors (Lipinski definition) is 1. The first-order valence-electron chi connectivity index (χ1n) is 11.5. The summed E-state index contributed by atoms with van der Waals surface area (Å²) < 4.78 is 7.99. The molecular weight excluding hydrogens is 394 g/mol. The Bertz CT molecular complexity index is 828. The van der Waals surface area contributed by atoms with Gasteiger partial charge in [0.2, 0.25) is 5.91 Å². The van der Waals surface area contributed by atoms with E-state index in [9.17, 15) is 4.79 Å². The molecule has 2 fully saturated rings. The van der Waals surface area contributed by atoms with Crippen LogP contribution in [0.3, 0.4) is 0 Å². The van der Waals surface area contributed by atoms with Crippen LogP contribution in [0.5, 0.6) is 0 Å². The molecule has 30 heavy (non-hydrogen) atoms. The first-order valence-corrected chi connectivity index (χ1v) is 12.7. The van der Waals surface area contributed by atoms with Crippen LogP contribution in [0.4, 0.5) is 11.4 Å². The fourth-order valence-corrected chi connectivity index (χ4v) is 6.20. The van der Waals surface area contributed by atoms with E-state index in [1.165, 1.54) is 29.7 Å². The largest absolute Gasteiger partial charge is 0.381 e. The molecule has 0 bridgehead atoms. The van der Waals surface area contributed by atoms with E-state index in [0.717, 1.165) is 70.6 Å². The highest BCUT2D eigenvalue weighted by atomic mass is 32.2. The van der Waals surface area contributed by atoms with Gasteiger partial charge in [0.15, 0.2) is 0 Å². The van der Waals surface area contributed by atoms with Gasteiger partial charge in [-0.15, -0.1) is 0 Å². The Balaban J connectivity index is 1.41. The molecule has 1 aromatic rings. The zero-order chi connectivity index (χ0) is 20.5. The molecular formula is C24H33N3O2S. The van der Waals surface area contributed by atoms with Crippen LogP contribution < -0.4 is 9.62 Å². The highest BCUT2D eigenvalue weighted by Crippen LogP contribution is 2.42. The van der Waals surface area contributed by atoms with E-state index in [-0.39, 0.29) is 11.8 Å². The molecule has 5 nitrogen and oxygen atoms in total. The molecule has 0 aromatic heterocycles. The standard InChI is InChI=1S/C24H33N3O2S/c1-30-27-15-18-8-11-26(20-9-12-29-13-10-20)16-22(18)21-14-19(6-7-23(21)27)25-24(28)17-4-2-3-5-17/h6-7,14,17,20H,2-5,8-13,15-16H2,1H3,(H,25,28). The molecule has 3 aliphatic heterocycles. The lowest BCUT2D eigenvalue weighted by atomic mass is 9.88. The Morgan fingerprint density at radius 2 is 1.93 bits per heavy atom. The third-order valence-electron chi connectivity index (χ3n) is 7.33. The number of carbonyl (C=O) groups is 1. The molecule has 3 heterocycles. The van der Waals surface area contributed by atoms with E-state index < -0.39 is 0 Å². The first-order chi connectivity index (χ1) is 14.7. The Labute approximate surface area is 184 Å². The van der Waals surface area contributed by atoms with Crippen molar-refractivity contribution >= 4 is 34.8 Å². The average molecular weight is 428 g/mol. The third-order valence-corrected chi connectivity index (χ3v) is 8.10. The van der Waals surface area contributed by atoms with E-state index >= 15 is 0 Å². The first kappa shape index (κ1) is 20.4. The molecule has 1 saturated carbocycles. The van der Waals surface area contributed by atoms with Gasteiger partial charge in [0.25, 0.3) is 0 Å². The number of hydrogen-bond acceptors (Lipinski definition) is 5. The van der Waals surface area contributed by atoms with Gasteiger partial charge < -0.3 is 14.4 Å². The lowest BCUT2D eigenvalue weighted by Gasteiger charge is -2.42. The molecule has 1 N–H and O–H groups in total. The molecule has 0 spiro atoms. The molecule has 1 saturated heterocycles. The molecule has 1 amide bonds. The van der Waals surface area contributed by atoms with Crippen LogP contribution in [0, 0.1) is 5.92 Å². The van der Waals surface area contributed by atoms with Gasteiger partial charge in [0, 0.05) is 55.8 Å². The number of anilines is 2. The van der Waals surface area contributed by atoms with Crippen LogP contribution in [-0.2, 0) is 9.53 Å². The maximum atomic E-state index is 12.7. The van der Waals surface area contributed by atoms with E-state index in [0.29, 0.717) is 6.04 Å². The SMILES string of the molecule is CSN1CC2=C(CN(C3CCOCC3)CC2)c2cc(NC(=O)C3CCCC3)ccc21. The summed E-state index contributed by atoms with van der Waals surface area (Å²) in [6.45, 7) is 4.97. The van der Waals surface area contributed by atoms with Crippen molar-refractivity contribution in [3.8, 4) is 0 Å². The van der Waals surface area contributed by atoms with E-state index in [2.05, 4.69) is 39.0 Å². The van der Waals surface area contributed by atoms with Crippen LogP contribution in [-0.4, -0.2) is 56.0 Å². The maximum absolute atomic E-state index is 12.7. The van der Waals surface area contributed by atoms with E-state index in [1.54, 1.807) is 17.5 Å². The Morgan fingerprint density at radius 3 is 2.70 bits per heavy atom. The molecule has 0 unspecified atom stereocenters. The van der Waals surface area contributed by atoms with Gasteiger partial charge in [-0.05, 0) is 61.4 Å². The normalized spacial score (nSPS) is 23.4. The van der Waals surface area contributed by atoms with Gasteiger partial charge in [0.05, 0.1) is 12.2 Å². The molecule has 0 atom stereocenters. The van der Waals surface area contributed by atoms with Crippen LogP contribution in [0.1, 0.15) is 50.5 Å². The quantitative estimate of drug-likeness (QED) is 0.714. The third kappa shape index (κ3) is 4.02. The van der Waals surface area contributed by atoms with Crippen molar-refractivity contribution in [1.29, 1.82) is 0 Å². The summed E-state index contributed by atoms with van der Waals surface area (Å²) in [6.07, 6.45) is 10.0. The van der Waals surface area contributed by atoms with Gasteiger partial charge in [-0.1, -0.05) is 24.8 Å². The number of nitrogens with zero attached hydrogens (tertiary/aromatic N) is 2. The number of nitrogens with one attached hydrogen (secondary N) is 1. The number of carbonyl (C=O) groups excluding carboxylic acids is 1. The van der Waals surface area contributed by atoms with Gasteiger partial charge in [-0.3, -0.25) is 9.69 Å². The lowest BCUT2D eigenvalue weighted by molar-refractivity contribution is -0.119. The molecule has 162 valence electrons. The average Bonchev–Trinajstić information content (AvgIpc) is 3.34.